The van der Waals surface area contributed by atoms with Gasteiger partial charge in [0.1, 0.15) is 0 Å². The molecule has 0 aromatic heterocycles. The summed E-state index contributed by atoms with van der Waals surface area (Å²) < 4.78 is 0. The zero-order chi connectivity index (χ0) is 16.4. The zero-order valence-electron chi connectivity index (χ0n) is 13.4. The van der Waals surface area contributed by atoms with Crippen LogP contribution in [0.4, 0.5) is 0 Å². The van der Waals surface area contributed by atoms with Crippen molar-refractivity contribution in [2.24, 2.45) is 0 Å². The third kappa shape index (κ3) is 3.04. The Bertz CT molecular complexity index is 804. The van der Waals surface area contributed by atoms with E-state index in [0.29, 0.717) is 0 Å². The summed E-state index contributed by atoms with van der Waals surface area (Å²) >= 11 is 1.76. The third-order valence-corrected chi connectivity index (χ3v) is 5.66. The van der Waals surface area contributed by atoms with Crippen molar-refractivity contribution in [2.75, 3.05) is 0 Å². The Morgan fingerprint density at radius 1 is 0.917 bits per heavy atom. The summed E-state index contributed by atoms with van der Waals surface area (Å²) in [6.07, 6.45) is 6.82. The average Bonchev–Trinajstić information content (AvgIpc) is 3.33. The van der Waals surface area contributed by atoms with E-state index < -0.39 is 0 Å². The standard InChI is InChI=1S/C21H19NOS/c23-20(21(13-14-21)16-7-3-1-4-8-16)22-17-11-12-19(15-17)24-18-9-5-2-6-10-18/h1-12H,13-15H2,(H,22,23). The van der Waals surface area contributed by atoms with Gasteiger partial charge in [0, 0.05) is 17.0 Å². The molecular formula is C21H19NOS. The number of allylic oxidation sites excluding steroid dienone is 3. The van der Waals surface area contributed by atoms with Crippen molar-refractivity contribution >= 4 is 17.7 Å². The van der Waals surface area contributed by atoms with Crippen LogP contribution in [-0.4, -0.2) is 5.91 Å². The van der Waals surface area contributed by atoms with Gasteiger partial charge in [-0.3, -0.25) is 4.79 Å². The highest BCUT2D eigenvalue weighted by Crippen LogP contribution is 2.48. The number of thioether (sulfide) groups is 1. The first kappa shape index (κ1) is 15.3. The van der Waals surface area contributed by atoms with Gasteiger partial charge in [-0.2, -0.15) is 0 Å². The van der Waals surface area contributed by atoms with Gasteiger partial charge in [0.15, 0.2) is 0 Å². The molecule has 120 valence electrons. The van der Waals surface area contributed by atoms with Gasteiger partial charge >= 0.3 is 0 Å². The summed E-state index contributed by atoms with van der Waals surface area (Å²) in [5.41, 5.74) is 1.82. The maximum absolute atomic E-state index is 12.8. The van der Waals surface area contributed by atoms with Gasteiger partial charge in [-0.15, -0.1) is 0 Å². The number of benzene rings is 2. The lowest BCUT2D eigenvalue weighted by Gasteiger charge is -2.16. The largest absolute Gasteiger partial charge is 0.329 e. The SMILES string of the molecule is O=C(NC1=CC=C(Sc2ccccc2)C1)C1(c2ccccc2)CC1. The van der Waals surface area contributed by atoms with Crippen LogP contribution in [-0.2, 0) is 10.2 Å². The maximum atomic E-state index is 12.8. The second-order valence-corrected chi connectivity index (χ2v) is 7.52. The van der Waals surface area contributed by atoms with Gasteiger partial charge in [-0.1, -0.05) is 66.4 Å². The van der Waals surface area contributed by atoms with E-state index in [1.54, 1.807) is 11.8 Å². The summed E-state index contributed by atoms with van der Waals surface area (Å²) in [5, 5.41) is 3.15. The van der Waals surface area contributed by atoms with Gasteiger partial charge in [0.2, 0.25) is 5.91 Å². The third-order valence-electron chi connectivity index (χ3n) is 4.61. The first-order valence-corrected chi connectivity index (χ1v) is 9.08. The lowest BCUT2D eigenvalue weighted by atomic mass is 9.95. The Morgan fingerprint density at radius 2 is 1.58 bits per heavy atom. The minimum absolute atomic E-state index is 0.138. The fourth-order valence-electron chi connectivity index (χ4n) is 3.09. The molecule has 24 heavy (non-hydrogen) atoms. The minimum Gasteiger partial charge on any atom is -0.329 e. The van der Waals surface area contributed by atoms with E-state index in [9.17, 15) is 4.79 Å². The molecule has 0 unspecified atom stereocenters. The number of hydrogen-bond acceptors (Lipinski definition) is 2. The summed E-state index contributed by atoms with van der Waals surface area (Å²) in [6, 6.07) is 20.5. The topological polar surface area (TPSA) is 29.1 Å². The monoisotopic (exact) mass is 333 g/mol. The fourth-order valence-corrected chi connectivity index (χ4v) is 4.05. The molecule has 2 aromatic carbocycles. The van der Waals surface area contributed by atoms with Crippen molar-refractivity contribution in [1.29, 1.82) is 0 Å². The molecule has 4 rings (SSSR count). The predicted molar refractivity (Wildman–Crippen MR) is 98.6 cm³/mol. The van der Waals surface area contributed by atoms with E-state index in [1.165, 1.54) is 9.80 Å². The van der Waals surface area contributed by atoms with E-state index in [-0.39, 0.29) is 11.3 Å². The highest BCUT2D eigenvalue weighted by Gasteiger charge is 2.51. The molecule has 1 amide bonds. The number of hydrogen-bond donors (Lipinski definition) is 1. The van der Waals surface area contributed by atoms with Gasteiger partial charge in [0.25, 0.3) is 0 Å². The highest BCUT2D eigenvalue weighted by atomic mass is 32.2. The molecule has 1 fully saturated rings. The Kier molecular flexibility index (Phi) is 4.03. The van der Waals surface area contributed by atoms with Gasteiger partial charge in [-0.05, 0) is 41.5 Å². The van der Waals surface area contributed by atoms with E-state index >= 15 is 0 Å². The highest BCUT2D eigenvalue weighted by molar-refractivity contribution is 8.03. The van der Waals surface area contributed by atoms with Crippen LogP contribution < -0.4 is 5.32 Å². The molecule has 0 spiro atoms. The second kappa shape index (κ2) is 6.33. The molecular weight excluding hydrogens is 314 g/mol. The van der Waals surface area contributed by atoms with Crippen molar-refractivity contribution in [1.82, 2.24) is 5.32 Å². The molecule has 1 N–H and O–H groups in total. The number of amides is 1. The van der Waals surface area contributed by atoms with Gasteiger partial charge in [0.05, 0.1) is 5.41 Å². The number of rotatable bonds is 5. The van der Waals surface area contributed by atoms with E-state index in [4.69, 9.17) is 0 Å². The molecule has 2 aliphatic carbocycles. The summed E-state index contributed by atoms with van der Waals surface area (Å²) in [7, 11) is 0. The van der Waals surface area contributed by atoms with Crippen molar-refractivity contribution in [3.05, 3.63) is 89.0 Å². The molecule has 2 nitrogen and oxygen atoms in total. The van der Waals surface area contributed by atoms with Crippen LogP contribution in [0, 0.1) is 0 Å². The molecule has 0 radical (unpaired) electrons. The van der Waals surface area contributed by atoms with Crippen LogP contribution in [0.25, 0.3) is 0 Å². The quantitative estimate of drug-likeness (QED) is 0.852. The lowest BCUT2D eigenvalue weighted by molar-refractivity contribution is -0.122. The van der Waals surface area contributed by atoms with E-state index in [1.807, 2.05) is 42.5 Å². The number of nitrogens with one attached hydrogen (secondary N) is 1. The van der Waals surface area contributed by atoms with Crippen molar-refractivity contribution in [2.45, 2.75) is 29.6 Å². The van der Waals surface area contributed by atoms with Crippen LogP contribution in [0.2, 0.25) is 0 Å². The predicted octanol–water partition coefficient (Wildman–Crippen LogP) is 4.80. The molecule has 2 aromatic rings. The van der Waals surface area contributed by atoms with Crippen molar-refractivity contribution < 1.29 is 4.79 Å². The fraction of sp³-hybridized carbons (Fsp3) is 0.190. The Balaban J connectivity index is 1.37. The van der Waals surface area contributed by atoms with Crippen LogP contribution in [0.15, 0.2) is 88.3 Å². The molecule has 3 heteroatoms. The molecule has 0 heterocycles. The molecule has 1 saturated carbocycles. The van der Waals surface area contributed by atoms with E-state index in [0.717, 1.165) is 30.5 Å². The maximum Gasteiger partial charge on any atom is 0.234 e. The summed E-state index contributed by atoms with van der Waals surface area (Å²) in [4.78, 5) is 15.3. The van der Waals surface area contributed by atoms with Crippen molar-refractivity contribution in [3.63, 3.8) is 0 Å². The van der Waals surface area contributed by atoms with Crippen LogP contribution >= 0.6 is 11.8 Å². The molecule has 0 bridgehead atoms. The van der Waals surface area contributed by atoms with Crippen molar-refractivity contribution in [3.8, 4) is 0 Å². The Hall–Kier alpha value is -2.26. The molecule has 0 saturated heterocycles. The Morgan fingerprint density at radius 3 is 2.25 bits per heavy atom. The first-order chi connectivity index (χ1) is 11.8. The molecule has 0 aliphatic heterocycles. The average molecular weight is 333 g/mol. The normalized spacial score (nSPS) is 17.8. The summed E-state index contributed by atoms with van der Waals surface area (Å²) in [5.74, 6) is 0.138. The first-order valence-electron chi connectivity index (χ1n) is 8.26. The van der Waals surface area contributed by atoms with Gasteiger partial charge < -0.3 is 5.32 Å². The lowest BCUT2D eigenvalue weighted by Crippen LogP contribution is -2.33. The van der Waals surface area contributed by atoms with E-state index in [2.05, 4.69) is 35.7 Å². The van der Waals surface area contributed by atoms with Crippen LogP contribution in [0.3, 0.4) is 0 Å². The zero-order valence-corrected chi connectivity index (χ0v) is 14.2. The molecule has 0 atom stereocenters. The Labute approximate surface area is 146 Å². The summed E-state index contributed by atoms with van der Waals surface area (Å²) in [6.45, 7) is 0. The molecule has 2 aliphatic rings. The number of carbonyl (C=O) groups excluding carboxylic acids is 1. The second-order valence-electron chi connectivity index (χ2n) is 6.32. The van der Waals surface area contributed by atoms with Crippen LogP contribution in [0.1, 0.15) is 24.8 Å². The van der Waals surface area contributed by atoms with Gasteiger partial charge in [-0.25, -0.2) is 0 Å². The van der Waals surface area contributed by atoms with Crippen LogP contribution in [0.5, 0.6) is 0 Å². The minimum atomic E-state index is -0.308. The number of carbonyl (C=O) groups is 1. The smallest absolute Gasteiger partial charge is 0.234 e.